The fraction of sp³-hybridized carbons (Fsp3) is 0.136. The third-order valence-electron chi connectivity index (χ3n) is 5.36. The van der Waals surface area contributed by atoms with E-state index in [9.17, 15) is 0 Å². The molecule has 3 heteroatoms. The van der Waals surface area contributed by atoms with Crippen molar-refractivity contribution in [3.05, 3.63) is 88.2 Å². The van der Waals surface area contributed by atoms with Crippen LogP contribution < -0.4 is 10.9 Å². The largest absolute Gasteiger partial charge is 0.399 e. The smallest absolute Gasteiger partial charge is 0.114 e. The molecule has 2 aromatic carbocycles. The summed E-state index contributed by atoms with van der Waals surface area (Å²) in [6.07, 6.45) is 6.10. The van der Waals surface area contributed by atoms with Crippen LogP contribution in [0.3, 0.4) is 0 Å². The molecule has 0 atom stereocenters. The summed E-state index contributed by atoms with van der Waals surface area (Å²) >= 11 is 0. The molecule has 25 heavy (non-hydrogen) atoms. The molecular weight excluding hydrogens is 320 g/mol. The Morgan fingerprint density at radius 3 is 2.48 bits per heavy atom. The molecule has 0 radical (unpaired) electrons. The molecule has 0 spiro atoms. The monoisotopic (exact) mass is 342 g/mol. The van der Waals surface area contributed by atoms with Gasteiger partial charge in [-0.25, -0.2) is 0 Å². The maximum absolute atomic E-state index is 8.14. The summed E-state index contributed by atoms with van der Waals surface area (Å²) < 4.78 is 0. The number of anilines is 1. The lowest BCUT2D eigenvalue weighted by atomic mass is 9.88. The fourth-order valence-electron chi connectivity index (χ4n) is 4.01. The van der Waals surface area contributed by atoms with Gasteiger partial charge in [0, 0.05) is 5.69 Å². The lowest BCUT2D eigenvalue weighted by molar-refractivity contribution is 1.38. The number of allylic oxidation sites excluding steroid dienone is 5. The zero-order valence-electron chi connectivity index (χ0n) is 14.9. The van der Waals surface area contributed by atoms with E-state index in [1.54, 1.807) is 0 Å². The summed E-state index contributed by atoms with van der Waals surface area (Å²) in [7, 11) is -1.91. The maximum atomic E-state index is 8.14. The van der Waals surface area contributed by atoms with Crippen molar-refractivity contribution in [1.29, 1.82) is 5.41 Å². The van der Waals surface area contributed by atoms with E-state index in [0.717, 1.165) is 5.69 Å². The van der Waals surface area contributed by atoms with Crippen molar-refractivity contribution in [2.75, 3.05) is 5.73 Å². The Morgan fingerprint density at radius 1 is 0.960 bits per heavy atom. The molecule has 0 aromatic heterocycles. The molecule has 1 heterocycles. The van der Waals surface area contributed by atoms with E-state index in [1.807, 2.05) is 12.1 Å². The highest BCUT2D eigenvalue weighted by Gasteiger charge is 2.39. The standard InChI is InChI=1S/C22H22N2Si/c1-14-6-4-5-7-17(14)22-18-10-8-15(23)12-20(18)25(2,3)21-13-16(24)9-11-19(21)22/h4-13,23H,24H2,1-3H3. The predicted molar refractivity (Wildman–Crippen MR) is 110 cm³/mol. The first-order valence-electron chi connectivity index (χ1n) is 8.59. The van der Waals surface area contributed by atoms with Gasteiger partial charge in [0.2, 0.25) is 0 Å². The first-order chi connectivity index (χ1) is 11.9. The van der Waals surface area contributed by atoms with Gasteiger partial charge in [0.1, 0.15) is 8.07 Å². The molecular formula is C22H22N2Si. The topological polar surface area (TPSA) is 49.9 Å². The first kappa shape index (κ1) is 15.9. The molecule has 0 saturated carbocycles. The van der Waals surface area contributed by atoms with Crippen LogP contribution in [0.25, 0.3) is 5.57 Å². The minimum Gasteiger partial charge on any atom is -0.399 e. The second-order valence-electron chi connectivity index (χ2n) is 7.38. The summed E-state index contributed by atoms with van der Waals surface area (Å²) in [5.41, 5.74) is 13.9. The molecule has 124 valence electrons. The minimum absolute atomic E-state index is 0.579. The molecule has 0 unspecified atom stereocenters. The van der Waals surface area contributed by atoms with Gasteiger partial charge >= 0.3 is 0 Å². The number of aryl methyl sites for hydroxylation is 1. The molecule has 2 nitrogen and oxygen atoms in total. The van der Waals surface area contributed by atoms with Crippen LogP contribution in [0.15, 0.2) is 71.5 Å². The highest BCUT2D eigenvalue weighted by atomic mass is 28.3. The normalized spacial score (nSPS) is 17.9. The van der Waals surface area contributed by atoms with Gasteiger partial charge in [0.25, 0.3) is 0 Å². The van der Waals surface area contributed by atoms with Crippen LogP contribution in [0.4, 0.5) is 5.69 Å². The maximum Gasteiger partial charge on any atom is 0.114 e. The molecule has 4 rings (SSSR count). The number of rotatable bonds is 1. The van der Waals surface area contributed by atoms with Gasteiger partial charge in [-0.05, 0) is 69.4 Å². The molecule has 2 aliphatic rings. The SMILES string of the molecule is Cc1ccccc1C1=C2C=CC(=N)C=C2[Si](C)(C)c2cc(N)ccc21. The van der Waals surface area contributed by atoms with Crippen LogP contribution >= 0.6 is 0 Å². The summed E-state index contributed by atoms with van der Waals surface area (Å²) in [5.74, 6) is 0. The molecule has 0 fully saturated rings. The average molecular weight is 343 g/mol. The second kappa shape index (κ2) is 5.43. The molecule has 0 bridgehead atoms. The molecule has 0 saturated heterocycles. The van der Waals surface area contributed by atoms with Gasteiger partial charge < -0.3 is 11.1 Å². The summed E-state index contributed by atoms with van der Waals surface area (Å²) in [6.45, 7) is 6.88. The van der Waals surface area contributed by atoms with Crippen molar-refractivity contribution in [1.82, 2.24) is 0 Å². The Morgan fingerprint density at radius 2 is 1.72 bits per heavy atom. The quantitative estimate of drug-likeness (QED) is 0.587. The lowest BCUT2D eigenvalue weighted by Gasteiger charge is -2.38. The van der Waals surface area contributed by atoms with E-state index in [4.69, 9.17) is 11.1 Å². The van der Waals surface area contributed by atoms with E-state index in [0.29, 0.717) is 5.71 Å². The Labute approximate surface area is 149 Å². The second-order valence-corrected chi connectivity index (χ2v) is 11.7. The van der Waals surface area contributed by atoms with Gasteiger partial charge in [-0.15, -0.1) is 0 Å². The van der Waals surface area contributed by atoms with Crippen LogP contribution in [-0.2, 0) is 0 Å². The first-order valence-corrected chi connectivity index (χ1v) is 11.6. The van der Waals surface area contributed by atoms with Gasteiger partial charge in [-0.2, -0.15) is 0 Å². The Bertz CT molecular complexity index is 1010. The van der Waals surface area contributed by atoms with Crippen molar-refractivity contribution in [2.45, 2.75) is 20.0 Å². The van der Waals surface area contributed by atoms with E-state index < -0.39 is 8.07 Å². The van der Waals surface area contributed by atoms with Crippen LogP contribution in [0, 0.1) is 12.3 Å². The van der Waals surface area contributed by atoms with Crippen molar-refractivity contribution in [3.8, 4) is 0 Å². The Kier molecular flexibility index (Phi) is 3.44. The number of nitrogens with two attached hydrogens (primary N) is 1. The number of fused-ring (bicyclic) bond motifs is 2. The Hall–Kier alpha value is -2.65. The molecule has 2 aromatic rings. The van der Waals surface area contributed by atoms with Crippen LogP contribution in [0.1, 0.15) is 16.7 Å². The molecule has 3 N–H and O–H groups in total. The van der Waals surface area contributed by atoms with Crippen LogP contribution in [0.2, 0.25) is 13.1 Å². The highest BCUT2D eigenvalue weighted by Crippen LogP contribution is 2.42. The number of hydrogen-bond donors (Lipinski definition) is 2. The van der Waals surface area contributed by atoms with Gasteiger partial charge in [-0.1, -0.05) is 49.5 Å². The van der Waals surface area contributed by atoms with Gasteiger partial charge in [0.05, 0.1) is 5.71 Å². The van der Waals surface area contributed by atoms with E-state index >= 15 is 0 Å². The lowest BCUT2D eigenvalue weighted by Crippen LogP contribution is -2.49. The molecule has 1 aliphatic carbocycles. The van der Waals surface area contributed by atoms with E-state index in [-0.39, 0.29) is 0 Å². The summed E-state index contributed by atoms with van der Waals surface area (Å²) in [4.78, 5) is 0. The van der Waals surface area contributed by atoms with Crippen LogP contribution in [-0.4, -0.2) is 13.8 Å². The third kappa shape index (κ3) is 2.35. The third-order valence-corrected chi connectivity index (χ3v) is 8.88. The molecule has 0 amide bonds. The zero-order chi connectivity index (χ0) is 17.8. The molecule has 1 aliphatic heterocycles. The number of benzene rings is 2. The number of nitrogens with one attached hydrogen (secondary N) is 1. The number of hydrogen-bond acceptors (Lipinski definition) is 2. The van der Waals surface area contributed by atoms with Crippen molar-refractivity contribution < 1.29 is 0 Å². The minimum atomic E-state index is -1.91. The van der Waals surface area contributed by atoms with Crippen LogP contribution in [0.5, 0.6) is 0 Å². The zero-order valence-corrected chi connectivity index (χ0v) is 15.9. The average Bonchev–Trinajstić information content (AvgIpc) is 2.58. The van der Waals surface area contributed by atoms with E-state index in [2.05, 4.69) is 68.6 Å². The van der Waals surface area contributed by atoms with Gasteiger partial charge in [-0.3, -0.25) is 0 Å². The summed E-state index contributed by atoms with van der Waals surface area (Å²) in [5, 5.41) is 10.8. The number of nitrogen functional groups attached to an aromatic ring is 1. The summed E-state index contributed by atoms with van der Waals surface area (Å²) in [6, 6.07) is 14.9. The van der Waals surface area contributed by atoms with Crippen molar-refractivity contribution in [3.63, 3.8) is 0 Å². The van der Waals surface area contributed by atoms with Crippen molar-refractivity contribution in [2.24, 2.45) is 0 Å². The van der Waals surface area contributed by atoms with E-state index in [1.165, 1.54) is 38.2 Å². The Balaban J connectivity index is 2.14. The van der Waals surface area contributed by atoms with Crippen molar-refractivity contribution >= 4 is 30.2 Å². The fourth-order valence-corrected chi connectivity index (χ4v) is 7.11. The van der Waals surface area contributed by atoms with Gasteiger partial charge in [0.15, 0.2) is 0 Å². The predicted octanol–water partition coefficient (Wildman–Crippen LogP) is 4.36. The highest BCUT2D eigenvalue weighted by molar-refractivity contribution is 6.98.